The number of pyridine rings is 1. The van der Waals surface area contributed by atoms with Gasteiger partial charge in [-0.1, -0.05) is 6.07 Å². The molecule has 6 heteroatoms. The summed E-state index contributed by atoms with van der Waals surface area (Å²) in [5.74, 6) is 0.616. The lowest BCUT2D eigenvalue weighted by Crippen LogP contribution is -2.35. The highest BCUT2D eigenvalue weighted by Gasteiger charge is 2.21. The second-order valence-corrected chi connectivity index (χ2v) is 7.75. The molecule has 3 rings (SSSR count). The van der Waals surface area contributed by atoms with Crippen molar-refractivity contribution in [2.75, 3.05) is 18.4 Å². The van der Waals surface area contributed by atoms with Gasteiger partial charge in [-0.05, 0) is 49.8 Å². The van der Waals surface area contributed by atoms with Crippen molar-refractivity contribution >= 4 is 22.4 Å². The van der Waals surface area contributed by atoms with E-state index in [2.05, 4.69) is 33.2 Å². The van der Waals surface area contributed by atoms with Crippen molar-refractivity contribution in [1.82, 2.24) is 14.9 Å². The van der Waals surface area contributed by atoms with Crippen LogP contribution >= 0.6 is 11.3 Å². The van der Waals surface area contributed by atoms with Crippen molar-refractivity contribution in [3.63, 3.8) is 0 Å². The normalized spacial score (nSPS) is 18.5. The Morgan fingerprint density at radius 2 is 2.29 bits per heavy atom. The average molecular weight is 344 g/mol. The van der Waals surface area contributed by atoms with Crippen molar-refractivity contribution in [1.29, 1.82) is 0 Å². The number of nitrogens with zero attached hydrogens (tertiary/aromatic N) is 3. The molecule has 1 aliphatic rings. The fourth-order valence-electron chi connectivity index (χ4n) is 3.33. The van der Waals surface area contributed by atoms with Crippen LogP contribution in [0.4, 0.5) is 5.13 Å². The molecule has 1 fully saturated rings. The zero-order valence-electron chi connectivity index (χ0n) is 14.3. The molecule has 0 bridgehead atoms. The Morgan fingerprint density at radius 1 is 1.42 bits per heavy atom. The summed E-state index contributed by atoms with van der Waals surface area (Å²) >= 11 is 1.57. The monoisotopic (exact) mass is 344 g/mol. The first-order valence-corrected chi connectivity index (χ1v) is 9.25. The van der Waals surface area contributed by atoms with Crippen molar-refractivity contribution in [3.8, 4) is 0 Å². The van der Waals surface area contributed by atoms with Crippen LogP contribution in [0.15, 0.2) is 24.7 Å². The average Bonchev–Trinajstić information content (AvgIpc) is 2.94. The van der Waals surface area contributed by atoms with E-state index in [-0.39, 0.29) is 5.91 Å². The molecule has 1 atom stereocenters. The number of anilines is 1. The molecule has 3 heterocycles. The summed E-state index contributed by atoms with van der Waals surface area (Å²) in [6, 6.07) is 2.24. The van der Waals surface area contributed by atoms with E-state index in [1.54, 1.807) is 11.3 Å². The Labute approximate surface area is 147 Å². The molecule has 24 heavy (non-hydrogen) atoms. The van der Waals surface area contributed by atoms with Crippen LogP contribution in [-0.4, -0.2) is 33.9 Å². The van der Waals surface area contributed by atoms with Crippen LogP contribution in [0, 0.1) is 12.8 Å². The summed E-state index contributed by atoms with van der Waals surface area (Å²) in [6.07, 6.45) is 9.41. The lowest BCUT2D eigenvalue weighted by molar-refractivity contribution is -0.114. The van der Waals surface area contributed by atoms with Gasteiger partial charge in [0.25, 0.3) is 0 Å². The molecular weight excluding hydrogens is 320 g/mol. The number of likely N-dealkylation sites (tertiary alicyclic amines) is 1. The Kier molecular flexibility index (Phi) is 5.58. The second-order valence-electron chi connectivity index (χ2n) is 6.63. The van der Waals surface area contributed by atoms with Gasteiger partial charge in [-0.15, -0.1) is 11.3 Å². The van der Waals surface area contributed by atoms with Crippen LogP contribution in [0.3, 0.4) is 0 Å². The summed E-state index contributed by atoms with van der Waals surface area (Å²) in [6.45, 7) is 6.77. The Bertz CT molecular complexity index is 700. The lowest BCUT2D eigenvalue weighted by Gasteiger charge is -2.32. The van der Waals surface area contributed by atoms with Crippen LogP contribution < -0.4 is 5.32 Å². The zero-order valence-corrected chi connectivity index (χ0v) is 15.1. The van der Waals surface area contributed by atoms with Gasteiger partial charge in [0.15, 0.2) is 5.13 Å². The van der Waals surface area contributed by atoms with Crippen LogP contribution in [0.5, 0.6) is 0 Å². The molecule has 2 aromatic heterocycles. The van der Waals surface area contributed by atoms with E-state index < -0.39 is 0 Å². The van der Waals surface area contributed by atoms with Crippen molar-refractivity contribution < 1.29 is 4.79 Å². The van der Waals surface area contributed by atoms with Gasteiger partial charge >= 0.3 is 0 Å². The number of aryl methyl sites for hydroxylation is 1. The summed E-state index contributed by atoms with van der Waals surface area (Å²) in [5, 5.41) is 3.44. The van der Waals surface area contributed by atoms with E-state index in [1.807, 2.05) is 18.6 Å². The third kappa shape index (κ3) is 4.85. The topological polar surface area (TPSA) is 58.1 Å². The molecule has 5 nitrogen and oxygen atoms in total. The minimum atomic E-state index is -0.0688. The largest absolute Gasteiger partial charge is 0.302 e. The number of piperidine rings is 1. The highest BCUT2D eigenvalue weighted by molar-refractivity contribution is 7.15. The van der Waals surface area contributed by atoms with Crippen molar-refractivity contribution in [3.05, 3.63) is 40.7 Å². The number of hydrogen-bond acceptors (Lipinski definition) is 5. The first kappa shape index (κ1) is 17.0. The van der Waals surface area contributed by atoms with Gasteiger partial charge in [-0.2, -0.15) is 0 Å². The van der Waals surface area contributed by atoms with Gasteiger partial charge in [0.1, 0.15) is 0 Å². The summed E-state index contributed by atoms with van der Waals surface area (Å²) in [5.41, 5.74) is 2.57. The quantitative estimate of drug-likeness (QED) is 0.904. The SMILES string of the molecule is CC(=O)Nc1ncc(CN2CCCC(Cc3cncc(C)c3)C2)s1. The first-order chi connectivity index (χ1) is 11.6. The first-order valence-electron chi connectivity index (χ1n) is 8.43. The van der Waals surface area contributed by atoms with Gasteiger partial charge < -0.3 is 5.32 Å². The third-order valence-electron chi connectivity index (χ3n) is 4.28. The minimum absolute atomic E-state index is 0.0688. The number of carbonyl (C=O) groups excluding carboxylic acids is 1. The molecule has 0 spiro atoms. The molecule has 0 radical (unpaired) electrons. The maximum atomic E-state index is 11.1. The summed E-state index contributed by atoms with van der Waals surface area (Å²) in [4.78, 5) is 23.4. The standard InChI is InChI=1S/C18H24N4OS/c1-13-6-16(9-19-8-13)7-15-4-3-5-22(11-15)12-17-10-20-18(24-17)21-14(2)23/h6,8-10,15H,3-5,7,11-12H2,1-2H3,(H,20,21,23). The second kappa shape index (κ2) is 7.85. The van der Waals surface area contributed by atoms with Crippen molar-refractivity contribution in [2.24, 2.45) is 5.92 Å². The molecule has 0 saturated carbocycles. The van der Waals surface area contributed by atoms with E-state index in [1.165, 1.54) is 35.8 Å². The van der Waals surface area contributed by atoms with Gasteiger partial charge in [0.2, 0.25) is 5.91 Å². The molecule has 1 aliphatic heterocycles. The molecule has 0 aromatic carbocycles. The predicted molar refractivity (Wildman–Crippen MR) is 97.1 cm³/mol. The number of carbonyl (C=O) groups is 1. The molecule has 1 amide bonds. The molecule has 0 aliphatic carbocycles. The number of amides is 1. The zero-order chi connectivity index (χ0) is 16.9. The predicted octanol–water partition coefficient (Wildman–Crippen LogP) is 3.26. The van der Waals surface area contributed by atoms with E-state index in [4.69, 9.17) is 0 Å². The number of rotatable bonds is 5. The Balaban J connectivity index is 1.55. The fraction of sp³-hybridized carbons (Fsp3) is 0.500. The van der Waals surface area contributed by atoms with Crippen LogP contribution in [0.1, 0.15) is 35.8 Å². The Morgan fingerprint density at radius 3 is 3.08 bits per heavy atom. The van der Waals surface area contributed by atoms with Gasteiger partial charge in [-0.3, -0.25) is 14.7 Å². The van der Waals surface area contributed by atoms with E-state index >= 15 is 0 Å². The van der Waals surface area contributed by atoms with Gasteiger partial charge in [0, 0.05) is 43.5 Å². The molecule has 128 valence electrons. The molecule has 1 unspecified atom stereocenters. The number of aromatic nitrogens is 2. The third-order valence-corrected chi connectivity index (χ3v) is 5.17. The molecule has 1 saturated heterocycles. The van der Waals surface area contributed by atoms with Crippen LogP contribution in [0.25, 0.3) is 0 Å². The van der Waals surface area contributed by atoms with Crippen LogP contribution in [0.2, 0.25) is 0 Å². The molecular formula is C18H24N4OS. The highest BCUT2D eigenvalue weighted by atomic mass is 32.1. The number of hydrogen-bond donors (Lipinski definition) is 1. The van der Waals surface area contributed by atoms with E-state index in [0.717, 1.165) is 26.1 Å². The smallest absolute Gasteiger partial charge is 0.223 e. The summed E-state index contributed by atoms with van der Waals surface area (Å²) < 4.78 is 0. The Hall–Kier alpha value is -1.79. The van der Waals surface area contributed by atoms with Crippen LogP contribution in [-0.2, 0) is 17.8 Å². The number of nitrogens with one attached hydrogen (secondary N) is 1. The fourth-order valence-corrected chi connectivity index (χ4v) is 4.23. The molecule has 2 aromatic rings. The highest BCUT2D eigenvalue weighted by Crippen LogP contribution is 2.25. The van der Waals surface area contributed by atoms with Gasteiger partial charge in [-0.25, -0.2) is 4.98 Å². The van der Waals surface area contributed by atoms with Gasteiger partial charge in [0.05, 0.1) is 0 Å². The lowest BCUT2D eigenvalue weighted by atomic mass is 9.91. The van der Waals surface area contributed by atoms with E-state index in [0.29, 0.717) is 11.0 Å². The maximum Gasteiger partial charge on any atom is 0.223 e. The van der Waals surface area contributed by atoms with Crippen molar-refractivity contribution in [2.45, 2.75) is 39.7 Å². The minimum Gasteiger partial charge on any atom is -0.302 e. The van der Waals surface area contributed by atoms with E-state index in [9.17, 15) is 4.79 Å². The number of thiazole rings is 1. The molecule has 1 N–H and O–H groups in total. The maximum absolute atomic E-state index is 11.1. The summed E-state index contributed by atoms with van der Waals surface area (Å²) in [7, 11) is 0.